The van der Waals surface area contributed by atoms with Gasteiger partial charge >= 0.3 is 0 Å². The molecule has 4 rings (SSSR count). The van der Waals surface area contributed by atoms with Crippen LogP contribution in [0, 0.1) is 0 Å². The van der Waals surface area contributed by atoms with Crippen LogP contribution in [0.5, 0.6) is 5.88 Å². The molecule has 1 atom stereocenters. The Labute approximate surface area is 140 Å². The first-order chi connectivity index (χ1) is 11.7. The van der Waals surface area contributed by atoms with Crippen molar-refractivity contribution >= 4 is 17.2 Å². The number of allylic oxidation sites excluding steroid dienone is 1. The SMILES string of the molecule is Nc1nc2cc3c1NC(O)N3Cc1cccc(c1)C/C=C/CCO2. The fourth-order valence-electron chi connectivity index (χ4n) is 3.11. The molecule has 2 aliphatic rings. The molecule has 6 nitrogen and oxygen atoms in total. The lowest BCUT2D eigenvalue weighted by atomic mass is 10.1. The van der Waals surface area contributed by atoms with E-state index in [-0.39, 0.29) is 0 Å². The molecule has 0 amide bonds. The Morgan fingerprint density at radius 3 is 3.04 bits per heavy atom. The standard InChI is InChI=1S/C18H20N4O2/c19-17-16-14-10-15(20-17)24-8-3-1-2-5-12-6-4-7-13(9-12)11-22(14)18(23)21-16/h1-2,4,6-7,9-10,18,21,23H,3,5,8,11H2,(H2,19,20)/b2-1+. The highest BCUT2D eigenvalue weighted by molar-refractivity contribution is 5.84. The monoisotopic (exact) mass is 324 g/mol. The van der Waals surface area contributed by atoms with Crippen molar-refractivity contribution in [1.82, 2.24) is 4.98 Å². The summed E-state index contributed by atoms with van der Waals surface area (Å²) in [6.07, 6.45) is 5.12. The molecule has 0 saturated carbocycles. The zero-order valence-corrected chi connectivity index (χ0v) is 13.3. The molecule has 1 aromatic carbocycles. The number of anilines is 3. The number of hydrogen-bond donors (Lipinski definition) is 3. The second kappa shape index (κ2) is 6.05. The lowest BCUT2D eigenvalue weighted by Crippen LogP contribution is -2.34. The fraction of sp³-hybridized carbons (Fsp3) is 0.278. The zero-order valence-electron chi connectivity index (χ0n) is 13.3. The summed E-state index contributed by atoms with van der Waals surface area (Å²) in [4.78, 5) is 6.12. The number of rotatable bonds is 0. The van der Waals surface area contributed by atoms with Gasteiger partial charge in [-0.1, -0.05) is 36.4 Å². The minimum absolute atomic E-state index is 0.334. The predicted octanol–water partition coefficient (Wildman–Crippen LogP) is 2.25. The van der Waals surface area contributed by atoms with Gasteiger partial charge in [0.25, 0.3) is 0 Å². The van der Waals surface area contributed by atoms with Gasteiger partial charge in [-0.05, 0) is 24.0 Å². The van der Waals surface area contributed by atoms with Crippen LogP contribution in [0.15, 0.2) is 42.5 Å². The van der Waals surface area contributed by atoms with Crippen LogP contribution in [0.2, 0.25) is 0 Å². The summed E-state index contributed by atoms with van der Waals surface area (Å²) < 4.78 is 5.71. The van der Waals surface area contributed by atoms with Crippen molar-refractivity contribution in [2.45, 2.75) is 25.7 Å². The van der Waals surface area contributed by atoms with Gasteiger partial charge < -0.3 is 25.8 Å². The van der Waals surface area contributed by atoms with Gasteiger partial charge in [-0.3, -0.25) is 0 Å². The van der Waals surface area contributed by atoms with Crippen molar-refractivity contribution in [1.29, 1.82) is 0 Å². The van der Waals surface area contributed by atoms with Gasteiger partial charge in [-0.25, -0.2) is 0 Å². The number of hydrogen-bond acceptors (Lipinski definition) is 6. The van der Waals surface area contributed by atoms with Gasteiger partial charge in [-0.2, -0.15) is 4.98 Å². The van der Waals surface area contributed by atoms with E-state index in [1.54, 1.807) is 0 Å². The number of aromatic nitrogens is 1. The summed E-state index contributed by atoms with van der Waals surface area (Å²) >= 11 is 0. The molecular weight excluding hydrogens is 304 g/mol. The predicted molar refractivity (Wildman–Crippen MR) is 93.9 cm³/mol. The van der Waals surface area contributed by atoms with Crippen molar-refractivity contribution in [3.63, 3.8) is 0 Å². The van der Waals surface area contributed by atoms with E-state index >= 15 is 0 Å². The number of aliphatic hydroxyl groups is 1. The van der Waals surface area contributed by atoms with Crippen LogP contribution in [0.25, 0.3) is 0 Å². The highest BCUT2D eigenvalue weighted by Crippen LogP contribution is 2.40. The lowest BCUT2D eigenvalue weighted by Gasteiger charge is -2.23. The molecule has 0 fully saturated rings. The van der Waals surface area contributed by atoms with E-state index in [1.165, 1.54) is 5.56 Å². The van der Waals surface area contributed by atoms with Crippen molar-refractivity contribution in [3.8, 4) is 5.88 Å². The van der Waals surface area contributed by atoms with E-state index in [0.717, 1.165) is 24.1 Å². The topological polar surface area (TPSA) is 83.6 Å². The minimum atomic E-state index is -0.837. The second-order valence-corrected chi connectivity index (χ2v) is 6.02. The van der Waals surface area contributed by atoms with Crippen molar-refractivity contribution in [2.75, 3.05) is 22.6 Å². The highest BCUT2D eigenvalue weighted by Gasteiger charge is 2.30. The van der Waals surface area contributed by atoms with E-state index in [0.29, 0.717) is 30.5 Å². The van der Waals surface area contributed by atoms with Crippen LogP contribution >= 0.6 is 0 Å². The van der Waals surface area contributed by atoms with Crippen LogP contribution in [-0.2, 0) is 13.0 Å². The van der Waals surface area contributed by atoms with Gasteiger partial charge in [-0.15, -0.1) is 0 Å². The zero-order chi connectivity index (χ0) is 16.5. The molecule has 4 N–H and O–H groups in total. The molecule has 1 aromatic heterocycles. The van der Waals surface area contributed by atoms with E-state index in [9.17, 15) is 5.11 Å². The molecule has 0 saturated heterocycles. The number of benzene rings is 1. The van der Waals surface area contributed by atoms with E-state index in [2.05, 4.69) is 46.7 Å². The molecule has 0 spiro atoms. The van der Waals surface area contributed by atoms with Crippen LogP contribution in [0.3, 0.4) is 0 Å². The summed E-state index contributed by atoms with van der Waals surface area (Å²) in [6, 6.07) is 10.2. The van der Waals surface area contributed by atoms with Crippen molar-refractivity contribution in [2.24, 2.45) is 0 Å². The molecule has 24 heavy (non-hydrogen) atoms. The number of nitrogens with two attached hydrogens (primary N) is 1. The third-order valence-corrected chi connectivity index (χ3v) is 4.28. The Balaban J connectivity index is 1.77. The number of nitrogens with zero attached hydrogens (tertiary/aromatic N) is 2. The van der Waals surface area contributed by atoms with Crippen LogP contribution in [-0.4, -0.2) is 23.0 Å². The molecule has 0 aliphatic carbocycles. The second-order valence-electron chi connectivity index (χ2n) is 6.02. The van der Waals surface area contributed by atoms with Gasteiger partial charge in [0.1, 0.15) is 5.69 Å². The Morgan fingerprint density at radius 1 is 1.25 bits per heavy atom. The molecule has 2 aromatic rings. The summed E-state index contributed by atoms with van der Waals surface area (Å²) in [7, 11) is 0. The Kier molecular flexibility index (Phi) is 3.74. The molecule has 124 valence electrons. The maximum atomic E-state index is 10.4. The van der Waals surface area contributed by atoms with Crippen LogP contribution in [0.4, 0.5) is 17.2 Å². The molecule has 0 radical (unpaired) electrons. The summed E-state index contributed by atoms with van der Waals surface area (Å²) in [5, 5.41) is 13.4. The number of pyridine rings is 1. The largest absolute Gasteiger partial charge is 0.477 e. The molecule has 6 heteroatoms. The van der Waals surface area contributed by atoms with Gasteiger partial charge in [0.15, 0.2) is 5.82 Å². The Bertz CT molecular complexity index is 791. The highest BCUT2D eigenvalue weighted by atomic mass is 16.5. The average molecular weight is 324 g/mol. The smallest absolute Gasteiger partial charge is 0.217 e. The molecular formula is C18H20N4O2. The molecule has 1 unspecified atom stereocenters. The number of ether oxygens (including phenoxy) is 1. The van der Waals surface area contributed by atoms with Crippen LogP contribution in [0.1, 0.15) is 17.5 Å². The number of nitrogens with one attached hydrogen (secondary N) is 1. The Morgan fingerprint density at radius 2 is 2.12 bits per heavy atom. The summed E-state index contributed by atoms with van der Waals surface area (Å²) in [6.45, 7) is 1.11. The normalized spacial score (nSPS) is 20.7. The average Bonchev–Trinajstić information content (AvgIpc) is 2.88. The lowest BCUT2D eigenvalue weighted by molar-refractivity contribution is 0.202. The summed E-state index contributed by atoms with van der Waals surface area (Å²) in [5.74, 6) is 0.812. The van der Waals surface area contributed by atoms with E-state index < -0.39 is 6.35 Å². The van der Waals surface area contributed by atoms with Crippen LogP contribution < -0.4 is 20.7 Å². The third kappa shape index (κ3) is 2.76. The first-order valence-electron chi connectivity index (χ1n) is 8.08. The quantitative estimate of drug-likeness (QED) is 0.645. The van der Waals surface area contributed by atoms with Gasteiger partial charge in [0.2, 0.25) is 12.2 Å². The van der Waals surface area contributed by atoms with Crippen molar-refractivity contribution in [3.05, 3.63) is 53.6 Å². The van der Waals surface area contributed by atoms with E-state index in [4.69, 9.17) is 10.5 Å². The molecule has 2 aliphatic heterocycles. The maximum Gasteiger partial charge on any atom is 0.217 e. The minimum Gasteiger partial charge on any atom is -0.477 e. The van der Waals surface area contributed by atoms with E-state index in [1.807, 2.05) is 11.0 Å². The maximum absolute atomic E-state index is 10.4. The molecule has 3 heterocycles. The van der Waals surface area contributed by atoms with Crippen molar-refractivity contribution < 1.29 is 9.84 Å². The van der Waals surface area contributed by atoms with Gasteiger partial charge in [0.05, 0.1) is 12.3 Å². The fourth-order valence-corrected chi connectivity index (χ4v) is 3.11. The summed E-state index contributed by atoms with van der Waals surface area (Å²) in [5.41, 5.74) is 9.86. The number of aliphatic hydroxyl groups excluding tert-OH is 1. The number of fused-ring (bicyclic) bond motifs is 3. The third-order valence-electron chi connectivity index (χ3n) is 4.28. The molecule has 4 bridgehead atoms. The Hall–Kier alpha value is -2.73. The van der Waals surface area contributed by atoms with Gasteiger partial charge in [0, 0.05) is 12.6 Å². The first kappa shape index (κ1) is 14.8. The first-order valence-corrected chi connectivity index (χ1v) is 8.08. The number of nitrogen functional groups attached to an aromatic ring is 1.